The molecule has 12 nitrogen and oxygen atoms in total. The van der Waals surface area contributed by atoms with Gasteiger partial charge in [0.1, 0.15) is 17.7 Å². The quantitative estimate of drug-likeness (QED) is 0.363. The smallest absolute Gasteiger partial charge is 0.259 e. The lowest BCUT2D eigenvalue weighted by Gasteiger charge is -2.31. The Morgan fingerprint density at radius 2 is 1.98 bits per heavy atom. The van der Waals surface area contributed by atoms with Crippen molar-refractivity contribution in [3.8, 4) is 11.6 Å². The molecule has 0 bridgehead atoms. The van der Waals surface area contributed by atoms with E-state index >= 15 is 0 Å². The number of hydrogen-bond acceptors (Lipinski definition) is 9. The number of fused-ring (bicyclic) bond motifs is 3. The Morgan fingerprint density at radius 3 is 2.67 bits per heavy atom. The monoisotopic (exact) mass is 721 g/mol. The van der Waals surface area contributed by atoms with E-state index in [1.54, 1.807) is 6.07 Å². The molecule has 6 rings (SSSR count). The Balaban J connectivity index is 0.00000468. The van der Waals surface area contributed by atoms with Gasteiger partial charge in [0, 0.05) is 23.9 Å². The van der Waals surface area contributed by atoms with Gasteiger partial charge in [0.2, 0.25) is 27.7 Å². The topological polar surface area (TPSA) is 170 Å². The number of methoxy groups -OCH3 is 1. The highest BCUT2D eigenvalue weighted by Gasteiger charge is 2.62. The molecule has 1 saturated heterocycles. The SMILES string of the molecule is CC[C@@H]1C[C@H](C)CCC=C[C@@H]2C[C@@]2(C(=O)NS(=O)(=O)C2CC2)NC(=O)[C@@H]2C[C@@H](Oc3nccc4cc(OC)c(F)cc34)CN2C(=O)[C@H]1N.Cl. The average molecular weight is 722 g/mol. The summed E-state index contributed by atoms with van der Waals surface area (Å²) in [5, 5.41) is 3.27. The van der Waals surface area contributed by atoms with Crippen LogP contribution in [0.2, 0.25) is 0 Å². The first kappa shape index (κ1) is 36.8. The number of amides is 3. The van der Waals surface area contributed by atoms with E-state index in [0.29, 0.717) is 30.0 Å². The minimum Gasteiger partial charge on any atom is -0.494 e. The van der Waals surface area contributed by atoms with Gasteiger partial charge < -0.3 is 25.4 Å². The first-order chi connectivity index (χ1) is 22.9. The first-order valence-electron chi connectivity index (χ1n) is 16.8. The number of benzene rings is 1. The molecule has 4 aliphatic rings. The highest BCUT2D eigenvalue weighted by molar-refractivity contribution is 7.91. The molecule has 1 aromatic heterocycles. The van der Waals surface area contributed by atoms with E-state index in [0.717, 1.165) is 19.3 Å². The van der Waals surface area contributed by atoms with Crippen LogP contribution in [0.5, 0.6) is 11.6 Å². The van der Waals surface area contributed by atoms with Gasteiger partial charge in [-0.25, -0.2) is 17.8 Å². The van der Waals surface area contributed by atoms with Crippen LogP contribution >= 0.6 is 12.4 Å². The Labute approximate surface area is 292 Å². The number of sulfonamides is 1. The van der Waals surface area contributed by atoms with Crippen molar-refractivity contribution in [1.29, 1.82) is 0 Å². The van der Waals surface area contributed by atoms with E-state index in [-0.39, 0.29) is 55.3 Å². The predicted octanol–water partition coefficient (Wildman–Crippen LogP) is 3.37. The number of nitrogens with one attached hydrogen (secondary N) is 2. The molecule has 3 fully saturated rings. The van der Waals surface area contributed by atoms with E-state index in [1.165, 1.54) is 30.3 Å². The normalized spacial score (nSPS) is 30.6. The molecule has 2 saturated carbocycles. The number of carbonyl (C=O) groups excluding carboxylic acids is 3. The highest BCUT2D eigenvalue weighted by Crippen LogP contribution is 2.46. The van der Waals surface area contributed by atoms with Gasteiger partial charge in [-0.2, -0.15) is 0 Å². The van der Waals surface area contributed by atoms with Crippen molar-refractivity contribution < 1.29 is 36.7 Å². The fraction of sp³-hybridized carbons (Fsp3) is 0.588. The Bertz CT molecular complexity index is 1740. The highest BCUT2D eigenvalue weighted by atomic mass is 35.5. The summed E-state index contributed by atoms with van der Waals surface area (Å²) >= 11 is 0. The number of pyridine rings is 1. The minimum atomic E-state index is -3.87. The van der Waals surface area contributed by atoms with Crippen molar-refractivity contribution in [1.82, 2.24) is 19.9 Å². The third kappa shape index (κ3) is 7.51. The molecule has 49 heavy (non-hydrogen) atoms. The number of nitrogens with zero attached hydrogens (tertiary/aromatic N) is 2. The Morgan fingerprint density at radius 1 is 1.22 bits per heavy atom. The molecule has 268 valence electrons. The molecular formula is C34H45ClFN5O7S. The molecular weight excluding hydrogens is 677 g/mol. The summed E-state index contributed by atoms with van der Waals surface area (Å²) in [4.78, 5) is 47.6. The van der Waals surface area contributed by atoms with Gasteiger partial charge in [-0.15, -0.1) is 12.4 Å². The number of aromatic nitrogens is 1. The number of nitrogens with two attached hydrogens (primary N) is 1. The lowest BCUT2D eigenvalue weighted by atomic mass is 9.85. The third-order valence-electron chi connectivity index (χ3n) is 10.3. The molecule has 2 aromatic rings. The molecule has 4 N–H and O–H groups in total. The first-order valence-corrected chi connectivity index (χ1v) is 18.3. The van der Waals surface area contributed by atoms with Crippen molar-refractivity contribution in [3.63, 3.8) is 0 Å². The number of hydrogen-bond donors (Lipinski definition) is 3. The van der Waals surface area contributed by atoms with Crippen molar-refractivity contribution in [2.24, 2.45) is 23.5 Å². The van der Waals surface area contributed by atoms with Gasteiger partial charge in [-0.3, -0.25) is 19.1 Å². The van der Waals surface area contributed by atoms with E-state index < -0.39 is 68.5 Å². The van der Waals surface area contributed by atoms with Crippen LogP contribution in [0.1, 0.15) is 65.2 Å². The van der Waals surface area contributed by atoms with Crippen LogP contribution in [0.25, 0.3) is 10.8 Å². The summed E-state index contributed by atoms with van der Waals surface area (Å²) in [7, 11) is -2.49. The zero-order valence-corrected chi connectivity index (χ0v) is 29.5. The molecule has 0 spiro atoms. The van der Waals surface area contributed by atoms with Gasteiger partial charge in [-0.05, 0) is 73.9 Å². The predicted molar refractivity (Wildman–Crippen MR) is 183 cm³/mol. The van der Waals surface area contributed by atoms with Crippen LogP contribution in [0, 0.1) is 23.6 Å². The number of allylic oxidation sites excluding steroid dienone is 1. The molecule has 3 heterocycles. The summed E-state index contributed by atoms with van der Waals surface area (Å²) in [6.07, 6.45) is 8.87. The van der Waals surface area contributed by atoms with Crippen molar-refractivity contribution in [2.45, 2.75) is 94.2 Å². The Kier molecular flexibility index (Phi) is 10.8. The van der Waals surface area contributed by atoms with E-state index in [9.17, 15) is 27.2 Å². The summed E-state index contributed by atoms with van der Waals surface area (Å²) in [5.74, 6) is -2.45. The molecule has 0 radical (unpaired) electrons. The summed E-state index contributed by atoms with van der Waals surface area (Å²) in [6.45, 7) is 4.11. The lowest BCUT2D eigenvalue weighted by Crippen LogP contribution is -2.58. The van der Waals surface area contributed by atoms with Crippen molar-refractivity contribution >= 4 is 50.9 Å². The maximum Gasteiger partial charge on any atom is 0.259 e. The van der Waals surface area contributed by atoms with Gasteiger partial charge in [-0.1, -0.05) is 32.4 Å². The summed E-state index contributed by atoms with van der Waals surface area (Å²) in [6, 6.07) is 2.56. The average Bonchev–Trinajstić information content (AvgIpc) is 3.98. The van der Waals surface area contributed by atoms with Gasteiger partial charge >= 0.3 is 0 Å². The van der Waals surface area contributed by atoms with Crippen LogP contribution in [0.15, 0.2) is 36.5 Å². The zero-order valence-electron chi connectivity index (χ0n) is 27.9. The van der Waals surface area contributed by atoms with Crippen molar-refractivity contribution in [2.75, 3.05) is 13.7 Å². The second kappa shape index (κ2) is 14.4. The van der Waals surface area contributed by atoms with E-state index in [2.05, 4.69) is 21.9 Å². The maximum absolute atomic E-state index is 14.7. The van der Waals surface area contributed by atoms with Crippen LogP contribution in [-0.2, 0) is 24.4 Å². The second-order valence-corrected chi connectivity index (χ2v) is 15.8. The number of rotatable bonds is 7. The fourth-order valence-electron chi connectivity index (χ4n) is 7.13. The molecule has 3 amide bonds. The maximum atomic E-state index is 14.7. The third-order valence-corrected chi connectivity index (χ3v) is 12.1. The van der Waals surface area contributed by atoms with Crippen LogP contribution in [-0.4, -0.2) is 78.7 Å². The summed E-state index contributed by atoms with van der Waals surface area (Å²) in [5.41, 5.74) is 5.16. The largest absolute Gasteiger partial charge is 0.494 e. The molecule has 2 aliphatic carbocycles. The van der Waals surface area contributed by atoms with Crippen LogP contribution < -0.4 is 25.2 Å². The van der Waals surface area contributed by atoms with Gasteiger partial charge in [0.05, 0.1) is 24.9 Å². The van der Waals surface area contributed by atoms with Gasteiger partial charge in [0.25, 0.3) is 5.91 Å². The Hall–Kier alpha value is -3.49. The standard InChI is InChI=1S/C34H44FN5O7S.ClH/c1-4-20-13-19(2)7-5-6-8-22-17-34(22,33(43)39-48(44,45)24-9-10-24)38-30(41)27-15-23(18-40(27)32(42)29(20)36)47-31-25-16-26(35)28(46-3)14-21(25)11-12-37-31;/h6,8,11-12,14,16,19-20,22-24,27,29H,4-5,7,9-10,13,15,17-18,36H2,1-3H3,(H,38,41)(H,39,43);1H/t19-,20-,22-,23-,27+,29+,34-;/m1./s1. The van der Waals surface area contributed by atoms with E-state index in [1.807, 2.05) is 19.1 Å². The number of halogens is 2. The van der Waals surface area contributed by atoms with E-state index in [4.69, 9.17) is 15.2 Å². The molecule has 7 atom stereocenters. The minimum absolute atomic E-state index is 0. The summed E-state index contributed by atoms with van der Waals surface area (Å²) < 4.78 is 53.8. The molecule has 2 aliphatic heterocycles. The lowest BCUT2D eigenvalue weighted by molar-refractivity contribution is -0.141. The van der Waals surface area contributed by atoms with Gasteiger partial charge in [0.15, 0.2) is 11.6 Å². The molecule has 1 aromatic carbocycles. The van der Waals surface area contributed by atoms with Crippen LogP contribution in [0.3, 0.4) is 0 Å². The van der Waals surface area contributed by atoms with Crippen molar-refractivity contribution in [3.05, 3.63) is 42.4 Å². The molecule has 15 heteroatoms. The van der Waals surface area contributed by atoms with Crippen LogP contribution in [0.4, 0.5) is 4.39 Å². The number of carbonyl (C=O) groups is 3. The molecule has 0 unspecified atom stereocenters. The second-order valence-electron chi connectivity index (χ2n) is 13.8. The zero-order chi connectivity index (χ0) is 34.4. The fourth-order valence-corrected chi connectivity index (χ4v) is 8.50. The number of ether oxygens (including phenoxy) is 2.